The minimum Gasteiger partial charge on any atom is -0.282 e. The molecule has 0 fully saturated rings. The lowest BCUT2D eigenvalue weighted by Crippen LogP contribution is -1.88. The van der Waals surface area contributed by atoms with Crippen molar-refractivity contribution in [2.75, 3.05) is 0 Å². The zero-order valence-corrected chi connectivity index (χ0v) is 5.83. The summed E-state index contributed by atoms with van der Waals surface area (Å²) in [6.07, 6.45) is 0. The highest BCUT2D eigenvalue weighted by Gasteiger charge is 1.97. The predicted octanol–water partition coefficient (Wildman–Crippen LogP) is 1.15. The molecule has 0 amide bonds. The summed E-state index contributed by atoms with van der Waals surface area (Å²) in [6, 6.07) is 0. The lowest BCUT2D eigenvalue weighted by molar-refractivity contribution is 0.494. The zero-order chi connectivity index (χ0) is 6.78. The Bertz CT molecular complexity index is 187. The van der Waals surface area contributed by atoms with Crippen LogP contribution in [0.4, 0.5) is 0 Å². The quantitative estimate of drug-likeness (QED) is 0.611. The topological polar surface area (TPSA) is 54.4 Å². The molecule has 3 nitrogen and oxygen atoms in total. The minimum atomic E-state index is -4.15. The van der Waals surface area contributed by atoms with E-state index in [1.807, 2.05) is 0 Å². The average molecular weight is 177 g/mol. The Labute approximate surface area is 56.6 Å². The molecule has 0 aromatic rings. The molecule has 0 radical (unpaired) electrons. The maximum absolute atomic E-state index is 9.75. The maximum atomic E-state index is 9.75. The Morgan fingerprint density at radius 3 is 1.88 bits per heavy atom. The molecule has 0 unspecified atom stereocenters. The van der Waals surface area contributed by atoms with Gasteiger partial charge in [-0.25, -0.2) is 0 Å². The van der Waals surface area contributed by atoms with Crippen LogP contribution in [0.3, 0.4) is 0 Å². The van der Waals surface area contributed by atoms with E-state index in [1.54, 1.807) is 0 Å². The second-order valence-electron chi connectivity index (χ2n) is 0.922. The van der Waals surface area contributed by atoms with Gasteiger partial charge in [0.05, 0.1) is 5.41 Å². The molecule has 0 aromatic heterocycles. The summed E-state index contributed by atoms with van der Waals surface area (Å²) in [5.74, 6) is 0. The van der Waals surface area contributed by atoms with Crippen molar-refractivity contribution in [3.05, 3.63) is 9.90 Å². The standard InChI is InChI=1S/C2H2Cl2O3S/c3-2(4)1-8(5,6)7/h1H,(H,5,6,7). The molecule has 0 saturated carbocycles. The third kappa shape index (κ3) is 6.23. The molecular weight excluding hydrogens is 175 g/mol. The Morgan fingerprint density at radius 1 is 1.50 bits per heavy atom. The highest BCUT2D eigenvalue weighted by molar-refractivity contribution is 7.88. The van der Waals surface area contributed by atoms with Gasteiger partial charge >= 0.3 is 0 Å². The van der Waals surface area contributed by atoms with Gasteiger partial charge in [0.2, 0.25) is 0 Å². The fraction of sp³-hybridized carbons (Fsp3) is 0. The largest absolute Gasteiger partial charge is 0.289 e. The fourth-order valence-electron chi connectivity index (χ4n) is 0.113. The van der Waals surface area contributed by atoms with Crippen molar-refractivity contribution in [2.45, 2.75) is 0 Å². The Balaban J connectivity index is 4.36. The minimum absolute atomic E-state index is 0.329. The molecular formula is C2H2Cl2O3S. The van der Waals surface area contributed by atoms with Gasteiger partial charge in [0.1, 0.15) is 4.49 Å². The summed E-state index contributed by atoms with van der Waals surface area (Å²) in [5, 5.41) is 0.329. The van der Waals surface area contributed by atoms with Crippen LogP contribution < -0.4 is 0 Å². The van der Waals surface area contributed by atoms with Crippen molar-refractivity contribution >= 4 is 33.3 Å². The maximum Gasteiger partial charge on any atom is 0.289 e. The van der Waals surface area contributed by atoms with Gasteiger partial charge in [0.15, 0.2) is 0 Å². The number of hydrogen-bond donors (Lipinski definition) is 1. The van der Waals surface area contributed by atoms with Crippen LogP contribution in [0.1, 0.15) is 0 Å². The van der Waals surface area contributed by atoms with Gasteiger partial charge in [-0.05, 0) is 0 Å². The molecule has 0 aliphatic rings. The fourth-order valence-corrected chi connectivity index (χ4v) is 1.01. The van der Waals surface area contributed by atoms with Crippen molar-refractivity contribution in [1.29, 1.82) is 0 Å². The summed E-state index contributed by atoms with van der Waals surface area (Å²) in [7, 11) is -4.15. The highest BCUT2D eigenvalue weighted by atomic mass is 35.5. The predicted molar refractivity (Wildman–Crippen MR) is 31.3 cm³/mol. The second kappa shape index (κ2) is 2.68. The average Bonchev–Trinajstić information content (AvgIpc) is 1.21. The second-order valence-corrected chi connectivity index (χ2v) is 3.20. The first kappa shape index (κ1) is 8.23. The molecule has 0 aliphatic heterocycles. The monoisotopic (exact) mass is 176 g/mol. The number of rotatable bonds is 1. The van der Waals surface area contributed by atoms with E-state index in [2.05, 4.69) is 0 Å². The Hall–Kier alpha value is 0.230. The van der Waals surface area contributed by atoms with Gasteiger partial charge in [-0.1, -0.05) is 23.2 Å². The molecule has 6 heteroatoms. The van der Waals surface area contributed by atoms with Crippen LogP contribution in [0.2, 0.25) is 0 Å². The van der Waals surface area contributed by atoms with E-state index in [1.165, 1.54) is 0 Å². The molecule has 0 bridgehead atoms. The lowest BCUT2D eigenvalue weighted by Gasteiger charge is -1.80. The van der Waals surface area contributed by atoms with Crippen LogP contribution in [-0.2, 0) is 10.1 Å². The van der Waals surface area contributed by atoms with Crippen molar-refractivity contribution < 1.29 is 13.0 Å². The molecule has 0 rings (SSSR count). The lowest BCUT2D eigenvalue weighted by atomic mass is 11.2. The number of halogens is 2. The molecule has 1 N–H and O–H groups in total. The smallest absolute Gasteiger partial charge is 0.282 e. The van der Waals surface area contributed by atoms with Gasteiger partial charge in [0, 0.05) is 0 Å². The van der Waals surface area contributed by atoms with Gasteiger partial charge in [0.25, 0.3) is 10.1 Å². The molecule has 0 saturated heterocycles. The summed E-state index contributed by atoms with van der Waals surface area (Å²) >= 11 is 9.70. The highest BCUT2D eigenvalue weighted by Crippen LogP contribution is 2.07. The first-order valence-electron chi connectivity index (χ1n) is 1.42. The van der Waals surface area contributed by atoms with E-state index in [-0.39, 0.29) is 0 Å². The molecule has 8 heavy (non-hydrogen) atoms. The van der Waals surface area contributed by atoms with Crippen molar-refractivity contribution in [1.82, 2.24) is 0 Å². The normalized spacial score (nSPS) is 10.9. The molecule has 48 valence electrons. The summed E-state index contributed by atoms with van der Waals surface area (Å²) in [5.41, 5.74) is 0. The molecule has 0 atom stereocenters. The van der Waals surface area contributed by atoms with Crippen molar-refractivity contribution in [3.63, 3.8) is 0 Å². The molecule has 0 spiro atoms. The van der Waals surface area contributed by atoms with Crippen LogP contribution in [-0.4, -0.2) is 13.0 Å². The van der Waals surface area contributed by atoms with Gasteiger partial charge in [-0.15, -0.1) is 0 Å². The number of hydrogen-bond acceptors (Lipinski definition) is 2. The van der Waals surface area contributed by atoms with Gasteiger partial charge in [-0.3, -0.25) is 4.55 Å². The first-order valence-corrected chi connectivity index (χ1v) is 3.68. The molecule has 0 aliphatic carbocycles. The van der Waals surface area contributed by atoms with Crippen LogP contribution in [0.15, 0.2) is 9.90 Å². The third-order valence-corrected chi connectivity index (χ3v) is 1.25. The van der Waals surface area contributed by atoms with Crippen LogP contribution in [0, 0.1) is 0 Å². The van der Waals surface area contributed by atoms with Crippen LogP contribution in [0.25, 0.3) is 0 Å². The Kier molecular flexibility index (Phi) is 2.76. The summed E-state index contributed by atoms with van der Waals surface area (Å²) in [4.78, 5) is 0. The molecule has 0 heterocycles. The van der Waals surface area contributed by atoms with Crippen LogP contribution in [0.5, 0.6) is 0 Å². The van der Waals surface area contributed by atoms with Crippen molar-refractivity contribution in [2.24, 2.45) is 0 Å². The zero-order valence-electron chi connectivity index (χ0n) is 3.51. The summed E-state index contributed by atoms with van der Waals surface area (Å²) < 4.78 is 26.9. The summed E-state index contributed by atoms with van der Waals surface area (Å²) in [6.45, 7) is 0. The van der Waals surface area contributed by atoms with E-state index in [0.29, 0.717) is 5.41 Å². The van der Waals surface area contributed by atoms with Crippen molar-refractivity contribution in [3.8, 4) is 0 Å². The van der Waals surface area contributed by atoms with E-state index in [0.717, 1.165) is 0 Å². The third-order valence-electron chi connectivity index (χ3n) is 0.238. The van der Waals surface area contributed by atoms with Crippen LogP contribution >= 0.6 is 23.2 Å². The Morgan fingerprint density at radius 2 is 1.88 bits per heavy atom. The van der Waals surface area contributed by atoms with E-state index >= 15 is 0 Å². The van der Waals surface area contributed by atoms with E-state index < -0.39 is 14.6 Å². The van der Waals surface area contributed by atoms with E-state index in [4.69, 9.17) is 27.8 Å². The molecule has 0 aromatic carbocycles. The van der Waals surface area contributed by atoms with Gasteiger partial charge < -0.3 is 0 Å². The van der Waals surface area contributed by atoms with Gasteiger partial charge in [-0.2, -0.15) is 8.42 Å². The SMILES string of the molecule is O=S(=O)(O)C=C(Cl)Cl. The van der Waals surface area contributed by atoms with E-state index in [9.17, 15) is 8.42 Å². The first-order chi connectivity index (χ1) is 3.42.